The van der Waals surface area contributed by atoms with Crippen LogP contribution in [0.1, 0.15) is 90.4 Å². The van der Waals surface area contributed by atoms with Crippen molar-refractivity contribution in [1.82, 2.24) is 4.98 Å². The fourth-order valence-electron chi connectivity index (χ4n) is 0.529. The summed E-state index contributed by atoms with van der Waals surface area (Å²) in [6.45, 7) is 30.1. The van der Waals surface area contributed by atoms with Crippen LogP contribution in [-0.2, 0) is 42.1 Å². The Hall–Kier alpha value is 0.267. The van der Waals surface area contributed by atoms with Crippen LogP contribution in [0.25, 0.3) is 0 Å². The van der Waals surface area contributed by atoms with Crippen LogP contribution >= 0.6 is 0 Å². The molecule has 0 N–H and O–H groups in total. The molecule has 0 bridgehead atoms. The van der Waals surface area contributed by atoms with E-state index in [4.69, 9.17) is 0 Å². The second-order valence-corrected chi connectivity index (χ2v) is 5.03. The van der Waals surface area contributed by atoms with Gasteiger partial charge in [0, 0.05) is 42.1 Å². The molecular weight excluding hydrogens is 680 g/mol. The normalized spacial score (nSPS) is 7.38. The maximum Gasteiger partial charge on any atom is 0 e. The molecule has 1 aromatic heterocycles. The fraction of sp³-hybridized carbons (Fsp3) is 0.522. The number of aromatic nitrogens is 1. The Morgan fingerprint density at radius 1 is 0.615 bits per heavy atom. The predicted molar refractivity (Wildman–Crippen MR) is 114 cm³/mol. The van der Waals surface area contributed by atoms with Crippen LogP contribution in [0.15, 0.2) is 18.2 Å². The van der Waals surface area contributed by atoms with E-state index in [1.165, 1.54) is 25.7 Å². The van der Waals surface area contributed by atoms with Gasteiger partial charge in [0.05, 0.1) is 0 Å². The van der Waals surface area contributed by atoms with E-state index in [9.17, 15) is 0 Å². The second-order valence-electron chi connectivity index (χ2n) is 5.03. The number of unbranched alkanes of at least 4 members (excludes halogenated alkanes) is 4. The van der Waals surface area contributed by atoms with E-state index < -0.39 is 0 Å². The van der Waals surface area contributed by atoms with Gasteiger partial charge < -0.3 is 32.7 Å². The van der Waals surface area contributed by atoms with E-state index in [1.807, 2.05) is 18.2 Å². The first-order valence-corrected chi connectivity index (χ1v) is 9.23. The van der Waals surface area contributed by atoms with Crippen molar-refractivity contribution in [2.24, 2.45) is 0 Å². The van der Waals surface area contributed by atoms with Gasteiger partial charge in [-0.05, 0) is 0 Å². The van der Waals surface area contributed by atoms with Crippen LogP contribution < -0.4 is 0 Å². The van der Waals surface area contributed by atoms with Crippen molar-refractivity contribution < 1.29 is 42.1 Å². The van der Waals surface area contributed by atoms with Crippen LogP contribution in [-0.4, -0.2) is 4.98 Å². The molecule has 1 heterocycles. The Morgan fingerprint density at radius 2 is 0.808 bits per heavy atom. The molecule has 0 unspecified atom stereocenters. The summed E-state index contributed by atoms with van der Waals surface area (Å²) in [5, 5.41) is 0. The predicted octanol–water partition coefficient (Wildman–Crippen LogP) is 7.92. The molecule has 0 aliphatic carbocycles. The molecule has 166 valence electrons. The first-order chi connectivity index (χ1) is 11.4. The van der Waals surface area contributed by atoms with Crippen molar-refractivity contribution in [2.75, 3.05) is 0 Å². The Morgan fingerprint density at radius 3 is 0.885 bits per heavy atom. The van der Waals surface area contributed by atoms with Crippen molar-refractivity contribution in [3.63, 3.8) is 0 Å². The monoisotopic (exact) mass is 723 g/mol. The van der Waals surface area contributed by atoms with E-state index in [-0.39, 0.29) is 42.1 Å². The van der Waals surface area contributed by atoms with Crippen molar-refractivity contribution in [3.05, 3.63) is 71.1 Å². The largest absolute Gasteiger partial charge is 0.343 e. The minimum absolute atomic E-state index is 0. The number of pyridine rings is 1. The molecule has 1 aromatic rings. The molecule has 0 saturated carbocycles. The van der Waals surface area contributed by atoms with Gasteiger partial charge in [0.2, 0.25) is 0 Å². The van der Waals surface area contributed by atoms with E-state index in [0.717, 1.165) is 37.1 Å². The van der Waals surface area contributed by atoms with Gasteiger partial charge in [-0.15, -0.1) is 11.4 Å². The third-order valence-corrected chi connectivity index (χ3v) is 2.28. The minimum Gasteiger partial charge on any atom is -0.343 e. The third-order valence-electron chi connectivity index (χ3n) is 2.28. The van der Waals surface area contributed by atoms with E-state index in [0.29, 0.717) is 0 Å². The molecule has 26 heavy (non-hydrogen) atoms. The van der Waals surface area contributed by atoms with Crippen LogP contribution in [0.4, 0.5) is 0 Å². The fourth-order valence-corrected chi connectivity index (χ4v) is 0.529. The van der Waals surface area contributed by atoms with Gasteiger partial charge in [-0.3, -0.25) is 0 Å². The van der Waals surface area contributed by atoms with Crippen LogP contribution in [0.2, 0.25) is 0 Å². The standard InChI is InChI=1S/C7H7N.4C4H9.2Pt/c1-6-4-3-5-7(2)8-6;4*1-3-4-2;;/h3-5H,1-2H2;4*1,3-4H2,2H3;;/q-2;4*-1;;. The zero-order chi connectivity index (χ0) is 19.6. The molecule has 0 spiro atoms. The smallest absolute Gasteiger partial charge is 0 e. The minimum atomic E-state index is 0. The molecule has 0 atom stereocenters. The number of hydrogen-bond acceptors (Lipinski definition) is 1. The van der Waals surface area contributed by atoms with E-state index in [2.05, 4.69) is 74.2 Å². The van der Waals surface area contributed by atoms with Crippen LogP contribution in [0.3, 0.4) is 0 Å². The molecule has 1 nitrogen and oxygen atoms in total. The molecule has 0 saturated heterocycles. The summed E-state index contributed by atoms with van der Waals surface area (Å²) in [6, 6.07) is 5.57. The third kappa shape index (κ3) is 64.5. The van der Waals surface area contributed by atoms with Crippen LogP contribution in [0.5, 0.6) is 0 Å². The molecule has 0 fully saturated rings. The molecule has 0 radical (unpaired) electrons. The van der Waals surface area contributed by atoms with Crippen molar-refractivity contribution >= 4 is 0 Å². The summed E-state index contributed by atoms with van der Waals surface area (Å²) in [4.78, 5) is 3.95. The van der Waals surface area contributed by atoms with Crippen molar-refractivity contribution in [2.45, 2.75) is 79.1 Å². The summed E-state index contributed by atoms with van der Waals surface area (Å²) in [5.74, 6) is 0. The quantitative estimate of drug-likeness (QED) is 0.288. The topological polar surface area (TPSA) is 12.9 Å². The summed E-state index contributed by atoms with van der Waals surface area (Å²) < 4.78 is 0. The Labute approximate surface area is 196 Å². The Kier molecular flexibility index (Phi) is 70.0. The van der Waals surface area contributed by atoms with E-state index in [1.54, 1.807) is 0 Å². The summed E-state index contributed by atoms with van der Waals surface area (Å²) in [5.41, 5.74) is 1.55. The molecule has 0 amide bonds. The SMILES string of the molecule is [CH2-]CCC.[CH2-]CCC.[CH2-]CCC.[CH2-]CCC.[CH2-]c1cccc([CH2-])n1.[Pt].[Pt]. The molecule has 0 aliphatic heterocycles. The van der Waals surface area contributed by atoms with Crippen LogP contribution in [0, 0.1) is 41.5 Å². The zero-order valence-corrected chi connectivity index (χ0v) is 22.3. The summed E-state index contributed by atoms with van der Waals surface area (Å²) >= 11 is 0. The molecule has 0 aliphatic rings. The first-order valence-electron chi connectivity index (χ1n) is 9.23. The van der Waals surface area contributed by atoms with Crippen molar-refractivity contribution in [1.29, 1.82) is 0 Å². The maximum atomic E-state index is 3.95. The molecular formula is C23H43NPt2-6. The number of nitrogens with zero attached hydrogens (tertiary/aromatic N) is 1. The van der Waals surface area contributed by atoms with Crippen molar-refractivity contribution in [3.8, 4) is 0 Å². The number of rotatable bonds is 4. The van der Waals surface area contributed by atoms with Gasteiger partial charge in [0.25, 0.3) is 0 Å². The Bertz CT molecular complexity index is 250. The van der Waals surface area contributed by atoms with Gasteiger partial charge in [-0.25, -0.2) is 32.0 Å². The molecule has 3 heteroatoms. The zero-order valence-electron chi connectivity index (χ0n) is 17.7. The van der Waals surface area contributed by atoms with Gasteiger partial charge in [0.1, 0.15) is 0 Å². The van der Waals surface area contributed by atoms with E-state index >= 15 is 0 Å². The molecule has 0 aromatic carbocycles. The van der Waals surface area contributed by atoms with Gasteiger partial charge >= 0.3 is 0 Å². The Balaban J connectivity index is -0.0000000495. The molecule has 1 rings (SSSR count). The second kappa shape index (κ2) is 44.6. The first kappa shape index (κ1) is 40.8. The average molecular weight is 724 g/mol. The summed E-state index contributed by atoms with van der Waals surface area (Å²) in [7, 11) is 0. The van der Waals surface area contributed by atoms with Gasteiger partial charge in [0.15, 0.2) is 0 Å². The summed E-state index contributed by atoms with van der Waals surface area (Å²) in [6.07, 6.45) is 9.11. The maximum absolute atomic E-state index is 3.95. The number of hydrogen-bond donors (Lipinski definition) is 0. The average Bonchev–Trinajstić information content (AvgIpc) is 2.62. The van der Waals surface area contributed by atoms with Gasteiger partial charge in [-0.2, -0.15) is 25.7 Å². The van der Waals surface area contributed by atoms with Gasteiger partial charge in [-0.1, -0.05) is 53.4 Å².